The molecule has 0 saturated carbocycles. The van der Waals surface area contributed by atoms with E-state index in [4.69, 9.17) is 0 Å². The van der Waals surface area contributed by atoms with Gasteiger partial charge < -0.3 is 38.8 Å². The van der Waals surface area contributed by atoms with E-state index in [1.165, 1.54) is 47.5 Å². The molecule has 2 heterocycles. The van der Waals surface area contributed by atoms with Crippen LogP contribution in [0.2, 0.25) is 0 Å². The Bertz CT molecular complexity index is 1490. The zero-order valence-corrected chi connectivity index (χ0v) is 36.1. The van der Waals surface area contributed by atoms with Crippen molar-refractivity contribution in [3.8, 4) is 11.4 Å². The minimum atomic E-state index is -10.7. The first-order chi connectivity index (χ1) is 21.1. The van der Waals surface area contributed by atoms with Crippen LogP contribution >= 0.6 is 15.6 Å². The molecule has 4 rings (SSSR count). The molecule has 0 aliphatic heterocycles. The number of aryl methyl sites for hydroxylation is 4. The van der Waals surface area contributed by atoms with Crippen LogP contribution in [0.25, 0.3) is 11.4 Å². The molecule has 2 aromatic heterocycles. The zero-order valence-electron chi connectivity index (χ0n) is 28.0. The predicted molar refractivity (Wildman–Crippen MR) is 167 cm³/mol. The molecule has 0 fully saturated rings. The van der Waals surface area contributed by atoms with Crippen LogP contribution in [0.15, 0.2) is 110 Å². The van der Waals surface area contributed by atoms with E-state index in [0.717, 1.165) is 0 Å². The second-order valence-electron chi connectivity index (χ2n) is 10.5. The van der Waals surface area contributed by atoms with Gasteiger partial charge in [0.15, 0.2) is 24.8 Å². The van der Waals surface area contributed by atoms with E-state index in [1.54, 1.807) is 0 Å². The SMILES string of the molecule is CC(C)=O.Cc1cc(C)c[n+](-c2cccc[cH+]c2)c1.Cc1cc(C)c[n+](-c2ccccc[cH+]2)c1.F[P-](F)(F)(F)(F)F.F[P-](F)(F)(F)(F)F.[Br-].[Br-].[Pd].[Pd]. The molecule has 21 heteroatoms. The Morgan fingerprint density at radius 1 is 0.558 bits per heavy atom. The topological polar surface area (TPSA) is 24.8 Å². The Balaban J connectivity index is -0.000000187. The number of carbonyl (C=O) groups is 1. The maximum absolute atomic E-state index is 10.7. The van der Waals surface area contributed by atoms with Gasteiger partial charge in [-0.25, -0.2) is 0 Å². The summed E-state index contributed by atoms with van der Waals surface area (Å²) in [6, 6.07) is 29.2. The first-order valence-electron chi connectivity index (χ1n) is 13.5. The van der Waals surface area contributed by atoms with Crippen molar-refractivity contribution in [3.05, 3.63) is 132 Å². The van der Waals surface area contributed by atoms with Crippen LogP contribution in [0.3, 0.4) is 0 Å². The fraction of sp³-hybridized carbons (Fsp3) is 0.194. The van der Waals surface area contributed by atoms with Gasteiger partial charge in [-0.05, 0) is 53.7 Å². The average Bonchev–Trinajstić information content (AvgIpc) is 3.25. The predicted octanol–water partition coefficient (Wildman–Crippen LogP) is 7.09. The van der Waals surface area contributed by atoms with E-state index < -0.39 is 15.6 Å². The van der Waals surface area contributed by atoms with Crippen molar-refractivity contribution in [3.63, 3.8) is 0 Å². The van der Waals surface area contributed by atoms with Gasteiger partial charge in [0, 0.05) is 106 Å². The molecule has 0 aliphatic rings. The Morgan fingerprint density at radius 2 is 0.885 bits per heavy atom. The zero-order chi connectivity index (χ0) is 37.7. The van der Waals surface area contributed by atoms with Gasteiger partial charge in [-0.3, -0.25) is 0 Å². The molecule has 0 bridgehead atoms. The molecule has 52 heavy (non-hydrogen) atoms. The molecule has 2 aromatic carbocycles. The van der Waals surface area contributed by atoms with Gasteiger partial charge in [-0.2, -0.15) is 0 Å². The van der Waals surface area contributed by atoms with Crippen molar-refractivity contribution in [2.75, 3.05) is 0 Å². The van der Waals surface area contributed by atoms with Gasteiger partial charge in [0.1, 0.15) is 24.0 Å². The number of hydrogen-bond acceptors (Lipinski definition) is 1. The number of hydrogen-bond donors (Lipinski definition) is 0. The van der Waals surface area contributed by atoms with Crippen molar-refractivity contribution in [1.29, 1.82) is 0 Å². The van der Waals surface area contributed by atoms with Crippen molar-refractivity contribution >= 4 is 21.4 Å². The van der Waals surface area contributed by atoms with E-state index in [0.29, 0.717) is 0 Å². The van der Waals surface area contributed by atoms with Crippen molar-refractivity contribution < 1.29 is 139 Å². The quantitative estimate of drug-likeness (QED) is 0.0694. The molecule has 304 valence electrons. The Morgan fingerprint density at radius 3 is 1.27 bits per heavy atom. The molecule has 0 radical (unpaired) electrons. The monoisotopic (exact) mass is 1110 g/mol. The molecule has 0 N–H and O–H groups in total. The summed E-state index contributed by atoms with van der Waals surface area (Å²) < 4.78 is 123. The van der Waals surface area contributed by atoms with Crippen molar-refractivity contribution in [2.24, 2.45) is 0 Å². The number of nitrogens with zero attached hydrogens (tertiary/aromatic N) is 2. The minimum Gasteiger partial charge on any atom is -1.00 e. The average molecular weight is 1120 g/mol. The number of pyridine rings is 2. The molecule has 3 nitrogen and oxygen atoms in total. The maximum atomic E-state index is 9.87. The summed E-state index contributed by atoms with van der Waals surface area (Å²) >= 11 is 0. The molecule has 0 saturated heterocycles. The maximum Gasteiger partial charge on any atom is 0 e. The molecule has 0 atom stereocenters. The third-order valence-electron chi connectivity index (χ3n) is 4.61. The number of Topliss-reactive ketones (excluding diaryl/α,β-unsaturated/α-hetero) is 1. The van der Waals surface area contributed by atoms with Crippen LogP contribution in [0, 0.1) is 27.7 Å². The van der Waals surface area contributed by atoms with Gasteiger partial charge >= 0.3 is 71.7 Å². The normalized spacial score (nSPS) is 12.5. The van der Waals surface area contributed by atoms with Crippen molar-refractivity contribution in [2.45, 2.75) is 41.5 Å². The molecule has 0 unspecified atom stereocenters. The van der Waals surface area contributed by atoms with E-state index in [9.17, 15) is 55.2 Å². The molecule has 0 amide bonds. The van der Waals surface area contributed by atoms with Gasteiger partial charge in [0.25, 0.3) is 5.69 Å². The molecule has 0 spiro atoms. The summed E-state index contributed by atoms with van der Waals surface area (Å²) in [4.78, 5) is 9.44. The molecular weight excluding hydrogens is 1080 g/mol. The van der Waals surface area contributed by atoms with E-state index >= 15 is 0 Å². The molecule has 0 aliphatic carbocycles. The first-order valence-corrected chi connectivity index (χ1v) is 17.6. The molecular formula is C31H36Br2F12N2OP2Pd2. The van der Waals surface area contributed by atoms with Gasteiger partial charge in [0.2, 0.25) is 0 Å². The number of ketones is 1. The largest absolute Gasteiger partial charge is 1.00 e. The summed E-state index contributed by atoms with van der Waals surface area (Å²) in [5.41, 5.74) is 7.49. The summed E-state index contributed by atoms with van der Waals surface area (Å²) in [5, 5.41) is 0. The Kier molecular flexibility index (Phi) is 24.7. The van der Waals surface area contributed by atoms with Crippen LogP contribution in [0.1, 0.15) is 36.1 Å². The minimum absolute atomic E-state index is 0. The first kappa shape index (κ1) is 59.7. The number of aromatic nitrogens is 2. The second-order valence-corrected chi connectivity index (χ2v) is 14.3. The fourth-order valence-electron chi connectivity index (χ4n) is 3.45. The van der Waals surface area contributed by atoms with Crippen LogP contribution in [-0.4, -0.2) is 5.78 Å². The van der Waals surface area contributed by atoms with Crippen LogP contribution < -0.4 is 43.1 Å². The summed E-state index contributed by atoms with van der Waals surface area (Å²) in [5.74, 6) is 0.167. The number of carbonyl (C=O) groups excluding carboxylic acids is 1. The van der Waals surface area contributed by atoms with Gasteiger partial charge in [-0.1, -0.05) is 0 Å². The molecule has 4 aromatic rings. The van der Waals surface area contributed by atoms with E-state index in [-0.39, 0.29) is 80.6 Å². The Labute approximate surface area is 343 Å². The van der Waals surface area contributed by atoms with Gasteiger partial charge in [0.05, 0.1) is 12.1 Å². The van der Waals surface area contributed by atoms with E-state index in [1.807, 2.05) is 24.3 Å². The smallest absolute Gasteiger partial charge is 0 e. The van der Waals surface area contributed by atoms with E-state index in [2.05, 4.69) is 122 Å². The Hall–Kier alpha value is -1.55. The van der Waals surface area contributed by atoms with Crippen LogP contribution in [-0.2, 0) is 45.6 Å². The number of halogens is 14. The summed E-state index contributed by atoms with van der Waals surface area (Å²) in [6.45, 7) is 11.5. The van der Waals surface area contributed by atoms with Gasteiger partial charge in [-0.15, -0.1) is 9.13 Å². The van der Waals surface area contributed by atoms with Crippen molar-refractivity contribution in [1.82, 2.24) is 0 Å². The second kappa shape index (κ2) is 21.5. The number of rotatable bonds is 2. The summed E-state index contributed by atoms with van der Waals surface area (Å²) in [7, 11) is -21.3. The standard InChI is InChI=1S/2C14H15N.C3H6O.2BrH.2F6P.2Pd/c2*1-12-9-13(2)11-15(10-12)14-7-5-3-4-6-8-14;1-3(2)4;;;2*1-7(2,3,4,5)6;;/h2*3-11H,1-2H3;1-2H3;2*1H;;;;/q2*+2;;;;2*-1;;/p-2. The van der Waals surface area contributed by atoms with Crippen LogP contribution in [0.5, 0.6) is 0 Å². The van der Waals surface area contributed by atoms with Crippen LogP contribution in [0.4, 0.5) is 50.4 Å². The third kappa shape index (κ3) is 46.5. The third-order valence-corrected chi connectivity index (χ3v) is 4.61. The summed E-state index contributed by atoms with van der Waals surface area (Å²) in [6.07, 6.45) is 8.56. The fourth-order valence-corrected chi connectivity index (χ4v) is 3.45.